The van der Waals surface area contributed by atoms with Crippen LogP contribution < -0.4 is 14.2 Å². The molecule has 0 aliphatic carbocycles. The number of hydrogen-bond donors (Lipinski definition) is 0. The molecule has 1 heterocycles. The Kier molecular flexibility index (Phi) is 4.51. The van der Waals surface area contributed by atoms with Gasteiger partial charge in [0.1, 0.15) is 5.75 Å². The zero-order valence-electron chi connectivity index (χ0n) is 13.4. The molecule has 0 fully saturated rings. The highest BCUT2D eigenvalue weighted by molar-refractivity contribution is 7.92. The lowest BCUT2D eigenvalue weighted by atomic mass is 10.3. The van der Waals surface area contributed by atoms with Gasteiger partial charge in [0, 0.05) is 18.2 Å². The number of carbonyl (C=O) groups is 1. The van der Waals surface area contributed by atoms with Gasteiger partial charge in [-0.2, -0.15) is 0 Å². The number of non-ortho nitro benzene ring substituents is 1. The summed E-state index contributed by atoms with van der Waals surface area (Å²) in [4.78, 5) is 22.0. The van der Waals surface area contributed by atoms with Gasteiger partial charge in [0.05, 0.1) is 9.82 Å². The molecule has 1 aliphatic heterocycles. The van der Waals surface area contributed by atoms with Gasteiger partial charge in [0.2, 0.25) is 6.79 Å². The molecular weight excluding hydrogens is 366 g/mol. The van der Waals surface area contributed by atoms with E-state index in [4.69, 9.17) is 14.2 Å². The molecule has 0 amide bonds. The van der Waals surface area contributed by atoms with Crippen LogP contribution in [0.5, 0.6) is 17.2 Å². The third-order valence-corrected chi connectivity index (χ3v) is 5.79. The van der Waals surface area contributed by atoms with E-state index in [9.17, 15) is 23.3 Å². The molecule has 0 aromatic heterocycles. The number of esters is 1. The third kappa shape index (κ3) is 3.31. The van der Waals surface area contributed by atoms with E-state index in [0.29, 0.717) is 11.5 Å². The summed E-state index contributed by atoms with van der Waals surface area (Å²) in [6.45, 7) is 1.24. The molecule has 0 saturated heterocycles. The van der Waals surface area contributed by atoms with E-state index in [1.807, 2.05) is 0 Å². The normalized spacial score (nSPS) is 13.9. The lowest BCUT2D eigenvalue weighted by Gasteiger charge is -2.12. The van der Waals surface area contributed by atoms with Gasteiger partial charge < -0.3 is 14.2 Å². The lowest BCUT2D eigenvalue weighted by Crippen LogP contribution is -2.31. The average molecular weight is 379 g/mol. The molecule has 1 atom stereocenters. The van der Waals surface area contributed by atoms with E-state index in [2.05, 4.69) is 0 Å². The standard InChI is InChI=1S/C16H13NO8S/c1-10(26(21,22)13-5-2-11(3-6-13)17(19)20)16(18)25-12-4-7-14-15(8-12)24-9-23-14/h2-8,10H,9H2,1H3/t10-/m0/s1. The highest BCUT2D eigenvalue weighted by Gasteiger charge is 2.32. The fourth-order valence-corrected chi connectivity index (χ4v) is 3.45. The molecule has 2 aromatic carbocycles. The summed E-state index contributed by atoms with van der Waals surface area (Å²) in [5, 5.41) is 9.15. The van der Waals surface area contributed by atoms with Gasteiger partial charge in [0.15, 0.2) is 26.6 Å². The van der Waals surface area contributed by atoms with Crippen LogP contribution in [0.4, 0.5) is 5.69 Å². The van der Waals surface area contributed by atoms with Crippen molar-refractivity contribution in [3.8, 4) is 17.2 Å². The van der Waals surface area contributed by atoms with E-state index in [1.54, 1.807) is 6.07 Å². The summed E-state index contributed by atoms with van der Waals surface area (Å²) in [6, 6.07) is 8.70. The molecule has 0 spiro atoms. The molecule has 2 aromatic rings. The van der Waals surface area contributed by atoms with Crippen LogP contribution in [0.2, 0.25) is 0 Å². The van der Waals surface area contributed by atoms with Crippen LogP contribution in [0, 0.1) is 10.1 Å². The zero-order chi connectivity index (χ0) is 18.9. The molecule has 0 N–H and O–H groups in total. The number of nitrogens with zero attached hydrogens (tertiary/aromatic N) is 1. The minimum Gasteiger partial charge on any atom is -0.454 e. The Morgan fingerprint density at radius 2 is 1.81 bits per heavy atom. The number of hydrogen-bond acceptors (Lipinski definition) is 8. The van der Waals surface area contributed by atoms with Crippen molar-refractivity contribution in [2.45, 2.75) is 17.1 Å². The van der Waals surface area contributed by atoms with E-state index < -0.39 is 26.0 Å². The summed E-state index contributed by atoms with van der Waals surface area (Å²) in [7, 11) is -4.07. The first-order valence-electron chi connectivity index (χ1n) is 7.39. The molecule has 0 radical (unpaired) electrons. The van der Waals surface area contributed by atoms with Gasteiger partial charge in [-0.25, -0.2) is 8.42 Å². The Morgan fingerprint density at radius 1 is 1.15 bits per heavy atom. The van der Waals surface area contributed by atoms with Crippen LogP contribution in [0.25, 0.3) is 0 Å². The van der Waals surface area contributed by atoms with Gasteiger partial charge >= 0.3 is 5.97 Å². The maximum absolute atomic E-state index is 12.5. The van der Waals surface area contributed by atoms with E-state index in [0.717, 1.165) is 24.3 Å². The van der Waals surface area contributed by atoms with Gasteiger partial charge in [-0.15, -0.1) is 0 Å². The number of benzene rings is 2. The SMILES string of the molecule is C[C@@H](C(=O)Oc1ccc2c(c1)OCO2)S(=O)(=O)c1ccc([N+](=O)[O-])cc1. The van der Waals surface area contributed by atoms with Crippen molar-refractivity contribution >= 4 is 21.5 Å². The van der Waals surface area contributed by atoms with Crippen molar-refractivity contribution in [2.75, 3.05) is 6.79 Å². The van der Waals surface area contributed by atoms with E-state index in [1.165, 1.54) is 19.1 Å². The van der Waals surface area contributed by atoms with Crippen LogP contribution >= 0.6 is 0 Å². The highest BCUT2D eigenvalue weighted by Crippen LogP contribution is 2.35. The summed E-state index contributed by atoms with van der Waals surface area (Å²) >= 11 is 0. The molecule has 10 heteroatoms. The Morgan fingerprint density at radius 3 is 2.46 bits per heavy atom. The summed E-state index contributed by atoms with van der Waals surface area (Å²) in [5.74, 6) is 0.0183. The summed E-state index contributed by atoms with van der Waals surface area (Å²) in [5.41, 5.74) is -0.250. The number of sulfone groups is 1. The minimum atomic E-state index is -4.07. The first-order chi connectivity index (χ1) is 12.3. The molecular formula is C16H13NO8S. The van der Waals surface area contributed by atoms with Crippen LogP contribution in [0.3, 0.4) is 0 Å². The molecule has 136 valence electrons. The average Bonchev–Trinajstić information content (AvgIpc) is 3.08. The van der Waals surface area contributed by atoms with Crippen molar-refractivity contribution in [1.29, 1.82) is 0 Å². The van der Waals surface area contributed by atoms with Crippen molar-refractivity contribution in [2.24, 2.45) is 0 Å². The fraction of sp³-hybridized carbons (Fsp3) is 0.188. The molecule has 3 rings (SSSR count). The predicted octanol–water partition coefficient (Wildman–Crippen LogP) is 2.09. The topological polar surface area (TPSA) is 122 Å². The second-order valence-corrected chi connectivity index (χ2v) is 7.64. The van der Waals surface area contributed by atoms with Crippen molar-refractivity contribution < 1.29 is 32.3 Å². The number of fused-ring (bicyclic) bond motifs is 1. The number of carbonyl (C=O) groups excluding carboxylic acids is 1. The Bertz CT molecular complexity index is 968. The minimum absolute atomic E-state index is 0.0532. The largest absolute Gasteiger partial charge is 0.454 e. The Labute approximate surface area is 148 Å². The summed E-state index contributed by atoms with van der Waals surface area (Å²) in [6.07, 6.45) is 0. The lowest BCUT2D eigenvalue weighted by molar-refractivity contribution is -0.384. The molecule has 0 bridgehead atoms. The molecule has 1 aliphatic rings. The van der Waals surface area contributed by atoms with Crippen molar-refractivity contribution in [3.63, 3.8) is 0 Å². The van der Waals surface area contributed by atoms with Gasteiger partial charge in [-0.1, -0.05) is 0 Å². The van der Waals surface area contributed by atoms with Gasteiger partial charge in [-0.05, 0) is 31.2 Å². The summed E-state index contributed by atoms with van der Waals surface area (Å²) < 4.78 is 40.4. The van der Waals surface area contributed by atoms with Gasteiger partial charge in [0.25, 0.3) is 5.69 Å². The predicted molar refractivity (Wildman–Crippen MR) is 87.9 cm³/mol. The molecule has 26 heavy (non-hydrogen) atoms. The monoisotopic (exact) mass is 379 g/mol. The highest BCUT2D eigenvalue weighted by atomic mass is 32.2. The number of nitro benzene ring substituents is 1. The smallest absolute Gasteiger partial charge is 0.329 e. The van der Waals surface area contributed by atoms with Crippen molar-refractivity contribution in [1.82, 2.24) is 0 Å². The van der Waals surface area contributed by atoms with Crippen LogP contribution in [-0.4, -0.2) is 31.4 Å². The number of nitro groups is 1. The second kappa shape index (κ2) is 6.64. The Hall–Kier alpha value is -3.14. The molecule has 0 unspecified atom stereocenters. The van der Waals surface area contributed by atoms with Gasteiger partial charge in [-0.3, -0.25) is 14.9 Å². The third-order valence-electron chi connectivity index (χ3n) is 3.74. The maximum atomic E-state index is 12.5. The number of rotatable bonds is 5. The van der Waals surface area contributed by atoms with Crippen molar-refractivity contribution in [3.05, 3.63) is 52.6 Å². The number of ether oxygens (including phenoxy) is 3. The fourth-order valence-electron chi connectivity index (χ4n) is 2.23. The zero-order valence-corrected chi connectivity index (χ0v) is 14.3. The Balaban J connectivity index is 1.77. The van der Waals surface area contributed by atoms with Crippen LogP contribution in [0.1, 0.15) is 6.92 Å². The molecule has 0 saturated carbocycles. The first-order valence-corrected chi connectivity index (χ1v) is 8.93. The maximum Gasteiger partial charge on any atom is 0.329 e. The van der Waals surface area contributed by atoms with Crippen LogP contribution in [-0.2, 0) is 14.6 Å². The molecule has 9 nitrogen and oxygen atoms in total. The second-order valence-electron chi connectivity index (χ2n) is 5.37. The van der Waals surface area contributed by atoms with E-state index >= 15 is 0 Å². The quantitative estimate of drug-likeness (QED) is 0.335. The van der Waals surface area contributed by atoms with Crippen LogP contribution in [0.15, 0.2) is 47.4 Å². The van der Waals surface area contributed by atoms with E-state index in [-0.39, 0.29) is 23.1 Å². The first kappa shape index (κ1) is 17.7.